The van der Waals surface area contributed by atoms with Crippen LogP contribution < -0.4 is 0 Å². The molecule has 0 saturated carbocycles. The molecule has 0 atom stereocenters. The molecule has 28 heavy (non-hydrogen) atoms. The van der Waals surface area contributed by atoms with E-state index in [2.05, 4.69) is 0 Å². The van der Waals surface area contributed by atoms with Crippen molar-refractivity contribution in [1.29, 1.82) is 0 Å². The topological polar surface area (TPSA) is 78.9 Å². The van der Waals surface area contributed by atoms with Crippen LogP contribution in [0.1, 0.15) is 58.8 Å². The third-order valence-electron chi connectivity index (χ3n) is 3.77. The first kappa shape index (κ1) is 21.2. The zero-order valence-corrected chi connectivity index (χ0v) is 16.7. The van der Waals surface area contributed by atoms with Gasteiger partial charge in [0.15, 0.2) is 0 Å². The Balaban J connectivity index is 2.66. The molecule has 2 aromatic carbocycles. The molecule has 148 valence electrons. The van der Waals surface area contributed by atoms with Crippen LogP contribution in [0.15, 0.2) is 42.5 Å². The predicted molar refractivity (Wildman–Crippen MR) is 104 cm³/mol. The summed E-state index contributed by atoms with van der Waals surface area (Å²) in [5.74, 6) is -1.67. The number of hydrogen-bond acceptors (Lipinski definition) is 6. The number of benzene rings is 2. The molecule has 2 aromatic rings. The van der Waals surface area contributed by atoms with Gasteiger partial charge in [0.2, 0.25) is 0 Å². The lowest BCUT2D eigenvalue weighted by molar-refractivity contribution is 0.00700. The van der Waals surface area contributed by atoms with E-state index in [1.807, 2.05) is 0 Å². The Morgan fingerprint density at radius 2 is 1.50 bits per heavy atom. The van der Waals surface area contributed by atoms with E-state index in [1.54, 1.807) is 58.0 Å². The minimum Gasteiger partial charge on any atom is -0.465 e. The van der Waals surface area contributed by atoms with Crippen molar-refractivity contribution < 1.29 is 28.6 Å². The Morgan fingerprint density at radius 1 is 0.857 bits per heavy atom. The monoisotopic (exact) mass is 384 g/mol. The molecule has 0 saturated heterocycles. The summed E-state index contributed by atoms with van der Waals surface area (Å²) < 4.78 is 15.4. The second-order valence-corrected chi connectivity index (χ2v) is 7.02. The van der Waals surface area contributed by atoms with E-state index in [9.17, 15) is 14.4 Å². The van der Waals surface area contributed by atoms with E-state index >= 15 is 0 Å². The molecule has 0 radical (unpaired) electrons. The van der Waals surface area contributed by atoms with Crippen LogP contribution in [0.4, 0.5) is 0 Å². The summed E-state index contributed by atoms with van der Waals surface area (Å²) in [4.78, 5) is 37.1. The molecule has 2 rings (SSSR count). The Labute approximate surface area is 164 Å². The van der Waals surface area contributed by atoms with Gasteiger partial charge in [-0.05, 0) is 57.0 Å². The third kappa shape index (κ3) is 4.97. The van der Waals surface area contributed by atoms with Crippen molar-refractivity contribution >= 4 is 17.9 Å². The number of carbonyl (C=O) groups is 3. The van der Waals surface area contributed by atoms with Crippen LogP contribution in [0.5, 0.6) is 0 Å². The summed E-state index contributed by atoms with van der Waals surface area (Å²) in [5.41, 5.74) is 0.940. The highest BCUT2D eigenvalue weighted by atomic mass is 16.6. The van der Waals surface area contributed by atoms with Crippen molar-refractivity contribution in [2.24, 2.45) is 0 Å². The molecule has 0 aliphatic carbocycles. The molecule has 0 heterocycles. The van der Waals surface area contributed by atoms with Gasteiger partial charge in [-0.2, -0.15) is 0 Å². The first-order chi connectivity index (χ1) is 13.2. The Bertz CT molecular complexity index is 892. The lowest BCUT2D eigenvalue weighted by atomic mass is 9.93. The summed E-state index contributed by atoms with van der Waals surface area (Å²) in [6, 6.07) is 11.4. The third-order valence-corrected chi connectivity index (χ3v) is 3.77. The smallest absolute Gasteiger partial charge is 0.339 e. The minimum absolute atomic E-state index is 0.162. The van der Waals surface area contributed by atoms with Gasteiger partial charge in [-0.25, -0.2) is 14.4 Å². The number of ether oxygens (including phenoxy) is 3. The number of rotatable bonds is 5. The van der Waals surface area contributed by atoms with Gasteiger partial charge in [-0.15, -0.1) is 0 Å². The van der Waals surface area contributed by atoms with Gasteiger partial charge in [0.05, 0.1) is 30.4 Å². The second kappa shape index (κ2) is 8.69. The highest BCUT2D eigenvalue weighted by Crippen LogP contribution is 2.30. The van der Waals surface area contributed by atoms with Crippen molar-refractivity contribution in [3.63, 3.8) is 0 Å². The lowest BCUT2D eigenvalue weighted by Gasteiger charge is -2.21. The summed E-state index contributed by atoms with van der Waals surface area (Å²) in [6.45, 7) is 7.20. The summed E-state index contributed by atoms with van der Waals surface area (Å²) in [5, 5.41) is 0. The van der Waals surface area contributed by atoms with Gasteiger partial charge < -0.3 is 14.2 Å². The van der Waals surface area contributed by atoms with Crippen molar-refractivity contribution in [1.82, 2.24) is 0 Å². The largest absolute Gasteiger partial charge is 0.465 e. The highest BCUT2D eigenvalue weighted by Gasteiger charge is 2.24. The molecule has 0 fully saturated rings. The first-order valence-electron chi connectivity index (χ1n) is 8.90. The van der Waals surface area contributed by atoms with Crippen LogP contribution in [0.2, 0.25) is 0 Å². The van der Waals surface area contributed by atoms with E-state index in [4.69, 9.17) is 14.2 Å². The van der Waals surface area contributed by atoms with E-state index in [0.29, 0.717) is 16.7 Å². The van der Waals surface area contributed by atoms with Crippen LogP contribution in [-0.4, -0.2) is 37.2 Å². The average molecular weight is 384 g/mol. The van der Waals surface area contributed by atoms with E-state index in [1.165, 1.54) is 19.2 Å². The van der Waals surface area contributed by atoms with Crippen LogP contribution in [0.3, 0.4) is 0 Å². The molecule has 0 bridgehead atoms. The van der Waals surface area contributed by atoms with Crippen LogP contribution in [-0.2, 0) is 14.2 Å². The Hall–Kier alpha value is -3.15. The zero-order chi connectivity index (χ0) is 20.9. The van der Waals surface area contributed by atoms with E-state index in [-0.39, 0.29) is 17.7 Å². The summed E-state index contributed by atoms with van der Waals surface area (Å²) in [6.07, 6.45) is 0. The fourth-order valence-corrected chi connectivity index (χ4v) is 2.63. The molecule has 6 heteroatoms. The molecule has 0 amide bonds. The normalized spacial score (nSPS) is 10.9. The quantitative estimate of drug-likeness (QED) is 0.566. The number of carbonyl (C=O) groups excluding carboxylic acids is 3. The Kier molecular flexibility index (Phi) is 6.57. The molecular formula is C22H24O6. The van der Waals surface area contributed by atoms with Crippen molar-refractivity contribution in [3.8, 4) is 11.1 Å². The van der Waals surface area contributed by atoms with Crippen molar-refractivity contribution in [2.45, 2.75) is 33.3 Å². The highest BCUT2D eigenvalue weighted by molar-refractivity contribution is 6.05. The Morgan fingerprint density at radius 3 is 2.11 bits per heavy atom. The van der Waals surface area contributed by atoms with Crippen LogP contribution in [0.25, 0.3) is 11.1 Å². The summed E-state index contributed by atoms with van der Waals surface area (Å²) >= 11 is 0. The van der Waals surface area contributed by atoms with Gasteiger partial charge in [0.1, 0.15) is 5.60 Å². The van der Waals surface area contributed by atoms with Gasteiger partial charge in [0.25, 0.3) is 0 Å². The maximum atomic E-state index is 12.8. The van der Waals surface area contributed by atoms with Crippen LogP contribution >= 0.6 is 0 Å². The predicted octanol–water partition coefficient (Wildman–Crippen LogP) is 4.27. The fraction of sp³-hybridized carbons (Fsp3) is 0.318. The van der Waals surface area contributed by atoms with Crippen molar-refractivity contribution in [2.75, 3.05) is 13.7 Å². The first-order valence-corrected chi connectivity index (χ1v) is 8.90. The minimum atomic E-state index is -0.726. The van der Waals surface area contributed by atoms with Gasteiger partial charge in [-0.1, -0.05) is 24.3 Å². The molecule has 0 aliphatic heterocycles. The SMILES string of the molecule is CCOC(=O)c1ccccc1-c1ccc(C(=O)OC)cc1C(=O)OC(C)(C)C. The number of methoxy groups -OCH3 is 1. The van der Waals surface area contributed by atoms with Gasteiger partial charge in [0, 0.05) is 0 Å². The van der Waals surface area contributed by atoms with Crippen molar-refractivity contribution in [3.05, 3.63) is 59.2 Å². The maximum Gasteiger partial charge on any atom is 0.339 e. The number of hydrogen-bond donors (Lipinski definition) is 0. The molecule has 0 N–H and O–H groups in total. The second-order valence-electron chi connectivity index (χ2n) is 7.02. The average Bonchev–Trinajstić information content (AvgIpc) is 2.65. The molecule has 0 spiro atoms. The lowest BCUT2D eigenvalue weighted by Crippen LogP contribution is -2.24. The molecule has 6 nitrogen and oxygen atoms in total. The zero-order valence-electron chi connectivity index (χ0n) is 16.7. The summed E-state index contributed by atoms with van der Waals surface area (Å²) in [7, 11) is 1.26. The fourth-order valence-electron chi connectivity index (χ4n) is 2.63. The van der Waals surface area contributed by atoms with Gasteiger partial charge in [-0.3, -0.25) is 0 Å². The maximum absolute atomic E-state index is 12.8. The molecule has 0 aliphatic rings. The van der Waals surface area contributed by atoms with Crippen LogP contribution in [0, 0.1) is 0 Å². The standard InChI is InChI=1S/C22H24O6/c1-6-27-20(24)17-10-8-7-9-15(17)16-12-11-14(19(23)26-5)13-18(16)21(25)28-22(2,3)4/h7-13H,6H2,1-5H3. The van der Waals surface area contributed by atoms with E-state index < -0.39 is 23.5 Å². The molecule has 0 unspecified atom stereocenters. The number of esters is 3. The molecular weight excluding hydrogens is 360 g/mol. The van der Waals surface area contributed by atoms with Gasteiger partial charge >= 0.3 is 17.9 Å². The molecule has 0 aromatic heterocycles. The van der Waals surface area contributed by atoms with E-state index in [0.717, 1.165) is 0 Å².